The van der Waals surface area contributed by atoms with Gasteiger partial charge in [0.25, 0.3) is 5.91 Å². The van der Waals surface area contributed by atoms with Gasteiger partial charge in [0.15, 0.2) is 0 Å². The lowest BCUT2D eigenvalue weighted by Gasteiger charge is -2.35. The molecular weight excluding hydrogens is 322 g/mol. The third-order valence-corrected chi connectivity index (χ3v) is 3.78. The zero-order valence-electron chi connectivity index (χ0n) is 10.8. The fraction of sp³-hybridized carbons (Fsp3) is 0.308. The highest BCUT2D eigenvalue weighted by Gasteiger charge is 2.23. The van der Waals surface area contributed by atoms with Gasteiger partial charge >= 0.3 is 0 Å². The van der Waals surface area contributed by atoms with Gasteiger partial charge in [-0.3, -0.25) is 9.78 Å². The Balaban J connectivity index is 1.63. The molecule has 104 valence electrons. The molecule has 0 saturated carbocycles. The molecule has 2 aromatic rings. The van der Waals surface area contributed by atoms with Gasteiger partial charge in [0, 0.05) is 49.2 Å². The van der Waals surface area contributed by atoms with Crippen LogP contribution in [0.3, 0.4) is 0 Å². The molecule has 0 aromatic carbocycles. The normalized spacial score (nSPS) is 15.4. The van der Waals surface area contributed by atoms with Crippen molar-refractivity contribution in [1.82, 2.24) is 19.9 Å². The van der Waals surface area contributed by atoms with Crippen molar-refractivity contribution in [3.8, 4) is 0 Å². The van der Waals surface area contributed by atoms with Crippen LogP contribution >= 0.6 is 15.9 Å². The molecule has 1 amide bonds. The number of amides is 1. The molecule has 7 heteroatoms. The van der Waals surface area contributed by atoms with Gasteiger partial charge in [0.05, 0.1) is 6.20 Å². The van der Waals surface area contributed by atoms with Crippen molar-refractivity contribution < 1.29 is 4.79 Å². The Morgan fingerprint density at radius 3 is 2.65 bits per heavy atom. The van der Waals surface area contributed by atoms with Crippen molar-refractivity contribution in [2.24, 2.45) is 0 Å². The van der Waals surface area contributed by atoms with Gasteiger partial charge < -0.3 is 14.8 Å². The largest absolute Gasteiger partial charge is 0.356 e. The minimum absolute atomic E-state index is 0.0366. The summed E-state index contributed by atoms with van der Waals surface area (Å²) in [5.74, 6) is 0.900. The molecule has 0 atom stereocenters. The van der Waals surface area contributed by atoms with Gasteiger partial charge in [-0.15, -0.1) is 0 Å². The quantitative estimate of drug-likeness (QED) is 0.903. The molecule has 3 heterocycles. The van der Waals surface area contributed by atoms with Crippen molar-refractivity contribution in [1.29, 1.82) is 0 Å². The van der Waals surface area contributed by atoms with Crippen LogP contribution in [0.25, 0.3) is 0 Å². The van der Waals surface area contributed by atoms with Crippen LogP contribution in [0.2, 0.25) is 0 Å². The van der Waals surface area contributed by atoms with E-state index in [1.807, 2.05) is 4.90 Å². The van der Waals surface area contributed by atoms with Crippen molar-refractivity contribution >= 4 is 27.7 Å². The maximum absolute atomic E-state index is 12.3. The first-order valence-electron chi connectivity index (χ1n) is 6.38. The topological polar surface area (TPSA) is 65.1 Å². The Bertz CT molecular complexity index is 592. The van der Waals surface area contributed by atoms with E-state index >= 15 is 0 Å². The first kappa shape index (κ1) is 13.1. The Morgan fingerprint density at radius 1 is 1.25 bits per heavy atom. The molecule has 0 unspecified atom stereocenters. The van der Waals surface area contributed by atoms with Crippen molar-refractivity contribution in [3.63, 3.8) is 0 Å². The fourth-order valence-electron chi connectivity index (χ4n) is 2.25. The summed E-state index contributed by atoms with van der Waals surface area (Å²) >= 11 is 3.34. The lowest BCUT2D eigenvalue weighted by molar-refractivity contribution is 0.0741. The second kappa shape index (κ2) is 5.62. The Morgan fingerprint density at radius 2 is 2.05 bits per heavy atom. The number of carbonyl (C=O) groups is 1. The number of piperazine rings is 1. The summed E-state index contributed by atoms with van der Waals surface area (Å²) in [7, 11) is 0. The number of nitrogens with zero attached hydrogens (tertiary/aromatic N) is 4. The number of nitrogens with one attached hydrogen (secondary N) is 1. The van der Waals surface area contributed by atoms with Crippen LogP contribution in [0.1, 0.15) is 10.5 Å². The van der Waals surface area contributed by atoms with Gasteiger partial charge in [0.1, 0.15) is 11.5 Å². The molecule has 3 rings (SSSR count). The minimum atomic E-state index is 0.0366. The second-order valence-corrected chi connectivity index (χ2v) is 5.49. The molecule has 0 radical (unpaired) electrons. The summed E-state index contributed by atoms with van der Waals surface area (Å²) in [4.78, 5) is 27.6. The zero-order chi connectivity index (χ0) is 13.9. The molecule has 0 bridgehead atoms. The van der Waals surface area contributed by atoms with E-state index < -0.39 is 0 Å². The number of carbonyl (C=O) groups excluding carboxylic acids is 1. The Labute approximate surface area is 125 Å². The zero-order valence-corrected chi connectivity index (χ0v) is 12.4. The SMILES string of the molecule is O=C(c1cc(Br)c[nH]1)N1CCN(c2cnccn2)CC1. The van der Waals surface area contributed by atoms with Crippen LogP contribution < -0.4 is 4.90 Å². The number of H-pyrrole nitrogens is 1. The highest BCUT2D eigenvalue weighted by Crippen LogP contribution is 2.15. The summed E-state index contributed by atoms with van der Waals surface area (Å²) in [5, 5.41) is 0. The molecule has 1 saturated heterocycles. The van der Waals surface area contributed by atoms with E-state index in [4.69, 9.17) is 0 Å². The van der Waals surface area contributed by atoms with Crippen LogP contribution in [0.5, 0.6) is 0 Å². The summed E-state index contributed by atoms with van der Waals surface area (Å²) in [6, 6.07) is 1.80. The fourth-order valence-corrected chi connectivity index (χ4v) is 2.60. The summed E-state index contributed by atoms with van der Waals surface area (Å²) < 4.78 is 0.888. The monoisotopic (exact) mass is 335 g/mol. The predicted molar refractivity (Wildman–Crippen MR) is 78.6 cm³/mol. The molecular formula is C13H14BrN5O. The average molecular weight is 336 g/mol. The molecule has 1 N–H and O–H groups in total. The van der Waals surface area contributed by atoms with E-state index in [-0.39, 0.29) is 5.91 Å². The van der Waals surface area contributed by atoms with E-state index in [0.29, 0.717) is 18.8 Å². The number of anilines is 1. The van der Waals surface area contributed by atoms with Crippen LogP contribution in [0.4, 0.5) is 5.82 Å². The highest BCUT2D eigenvalue weighted by molar-refractivity contribution is 9.10. The van der Waals surface area contributed by atoms with Gasteiger partial charge in [-0.25, -0.2) is 4.98 Å². The number of aromatic nitrogens is 3. The first-order chi connectivity index (χ1) is 9.74. The molecule has 1 fully saturated rings. The molecule has 1 aliphatic rings. The van der Waals surface area contributed by atoms with Gasteiger partial charge in [-0.2, -0.15) is 0 Å². The number of hydrogen-bond donors (Lipinski definition) is 1. The Hall–Kier alpha value is -1.89. The molecule has 20 heavy (non-hydrogen) atoms. The van der Waals surface area contributed by atoms with E-state index in [0.717, 1.165) is 23.4 Å². The van der Waals surface area contributed by atoms with Crippen molar-refractivity contribution in [3.05, 3.63) is 41.0 Å². The molecule has 6 nitrogen and oxygen atoms in total. The predicted octanol–water partition coefficient (Wildman–Crippen LogP) is 1.53. The number of rotatable bonds is 2. The standard InChI is InChI=1S/C13H14BrN5O/c14-10-7-11(17-8-10)13(20)19-5-3-18(4-6-19)12-9-15-1-2-16-12/h1-2,7-9,17H,3-6H2. The van der Waals surface area contributed by atoms with Gasteiger partial charge in [-0.05, 0) is 22.0 Å². The average Bonchev–Trinajstić information content (AvgIpc) is 2.94. The van der Waals surface area contributed by atoms with E-state index in [1.165, 1.54) is 0 Å². The summed E-state index contributed by atoms with van der Waals surface area (Å²) in [6.07, 6.45) is 6.86. The smallest absolute Gasteiger partial charge is 0.270 e. The van der Waals surface area contributed by atoms with Crippen molar-refractivity contribution in [2.45, 2.75) is 0 Å². The number of halogens is 1. The summed E-state index contributed by atoms with van der Waals surface area (Å²) in [5.41, 5.74) is 0.616. The molecule has 2 aromatic heterocycles. The lowest BCUT2D eigenvalue weighted by atomic mass is 10.3. The maximum Gasteiger partial charge on any atom is 0.270 e. The Kier molecular flexibility index (Phi) is 3.68. The van der Waals surface area contributed by atoms with Crippen LogP contribution in [-0.2, 0) is 0 Å². The first-order valence-corrected chi connectivity index (χ1v) is 7.17. The highest BCUT2D eigenvalue weighted by atomic mass is 79.9. The van der Waals surface area contributed by atoms with Crippen molar-refractivity contribution in [2.75, 3.05) is 31.1 Å². The van der Waals surface area contributed by atoms with Gasteiger partial charge in [-0.1, -0.05) is 0 Å². The van der Waals surface area contributed by atoms with Gasteiger partial charge in [0.2, 0.25) is 0 Å². The van der Waals surface area contributed by atoms with E-state index in [1.54, 1.807) is 30.9 Å². The van der Waals surface area contributed by atoms with Crippen LogP contribution in [-0.4, -0.2) is 51.9 Å². The van der Waals surface area contributed by atoms with Crippen LogP contribution in [0, 0.1) is 0 Å². The number of hydrogen-bond acceptors (Lipinski definition) is 4. The summed E-state index contributed by atoms with van der Waals surface area (Å²) in [6.45, 7) is 2.91. The molecule has 1 aliphatic heterocycles. The second-order valence-electron chi connectivity index (χ2n) is 4.57. The minimum Gasteiger partial charge on any atom is -0.356 e. The van der Waals surface area contributed by atoms with E-state index in [2.05, 4.69) is 35.8 Å². The van der Waals surface area contributed by atoms with Crippen LogP contribution in [0.15, 0.2) is 35.3 Å². The molecule has 0 spiro atoms. The lowest BCUT2D eigenvalue weighted by Crippen LogP contribution is -2.49. The maximum atomic E-state index is 12.3. The number of aromatic amines is 1. The third-order valence-electron chi connectivity index (χ3n) is 3.32. The van der Waals surface area contributed by atoms with E-state index in [9.17, 15) is 4.79 Å². The third kappa shape index (κ3) is 2.67. The molecule has 0 aliphatic carbocycles.